The Morgan fingerprint density at radius 1 is 0.574 bits per heavy atom. The molecule has 0 heterocycles. The lowest BCUT2D eigenvalue weighted by molar-refractivity contribution is -0.870. The quantitative estimate of drug-likeness (QED) is 0.0362. The number of nitrogens with zero attached hydrogens (tertiary/aromatic N) is 1. The first-order valence-electron chi connectivity index (χ1n) is 23.4. The van der Waals surface area contributed by atoms with Crippen LogP contribution in [0.5, 0.6) is 0 Å². The highest BCUT2D eigenvalue weighted by Crippen LogP contribution is 2.38. The first-order chi connectivity index (χ1) is 26.0. The molecule has 0 saturated heterocycles. The van der Waals surface area contributed by atoms with Crippen molar-refractivity contribution >= 4 is 13.7 Å². The maximum Gasteiger partial charge on any atom is 0.268 e. The highest BCUT2D eigenvalue weighted by molar-refractivity contribution is 7.45. The second-order valence-corrected chi connectivity index (χ2v) is 18.9. The van der Waals surface area contributed by atoms with Crippen LogP contribution in [0.2, 0.25) is 0 Å². The second-order valence-electron chi connectivity index (χ2n) is 17.5. The molecule has 0 spiro atoms. The predicted octanol–water partition coefficient (Wildman–Crippen LogP) is 12.3. The van der Waals surface area contributed by atoms with Crippen LogP contribution >= 0.6 is 7.82 Å². The molecule has 3 atom stereocenters. The van der Waals surface area contributed by atoms with Crippen LogP contribution in [0.3, 0.4) is 0 Å². The van der Waals surface area contributed by atoms with Crippen molar-refractivity contribution in [2.75, 3.05) is 40.9 Å². The molecular weight excluding hydrogens is 695 g/mol. The summed E-state index contributed by atoms with van der Waals surface area (Å²) in [5.41, 5.74) is 0. The van der Waals surface area contributed by atoms with Gasteiger partial charge >= 0.3 is 0 Å². The van der Waals surface area contributed by atoms with Gasteiger partial charge in [-0.15, -0.1) is 0 Å². The minimum absolute atomic E-state index is 0.0154. The summed E-state index contributed by atoms with van der Waals surface area (Å²) >= 11 is 0. The van der Waals surface area contributed by atoms with E-state index in [0.29, 0.717) is 23.9 Å². The highest BCUT2D eigenvalue weighted by Gasteiger charge is 2.24. The van der Waals surface area contributed by atoms with Gasteiger partial charge in [-0.05, 0) is 12.8 Å². The monoisotopic (exact) mass is 789 g/mol. The zero-order valence-corrected chi connectivity index (χ0v) is 37.6. The average Bonchev–Trinajstić information content (AvgIpc) is 3.12. The Morgan fingerprint density at radius 2 is 0.907 bits per heavy atom. The average molecular weight is 789 g/mol. The van der Waals surface area contributed by atoms with Gasteiger partial charge in [-0.1, -0.05) is 213 Å². The molecule has 0 radical (unpaired) electrons. The van der Waals surface area contributed by atoms with Crippen LogP contribution in [0.4, 0.5) is 0 Å². The number of unbranched alkanes of at least 4 members (excludes halogenated alkanes) is 30. The number of carbonyl (C=O) groups is 1. The molecular formula is C45H93N2O6P. The Labute approximate surface area is 336 Å². The summed E-state index contributed by atoms with van der Waals surface area (Å²) in [7, 11) is 1.31. The van der Waals surface area contributed by atoms with Gasteiger partial charge in [0, 0.05) is 6.42 Å². The molecule has 3 unspecified atom stereocenters. The van der Waals surface area contributed by atoms with Gasteiger partial charge in [0.25, 0.3) is 7.82 Å². The minimum atomic E-state index is -4.55. The summed E-state index contributed by atoms with van der Waals surface area (Å²) in [5.74, 6) is -0.164. The lowest BCUT2D eigenvalue weighted by Crippen LogP contribution is -2.46. The number of rotatable bonds is 43. The number of aliphatic hydroxyl groups excluding tert-OH is 1. The SMILES string of the molecule is CCCCCCCCCCCCCCCCCCCCCCCCCCCC(=O)NC(COP(=O)([O-])OCC[N+](C)(C)C)C(O)CCCCCCCCC. The van der Waals surface area contributed by atoms with Crippen molar-refractivity contribution in [1.29, 1.82) is 0 Å². The van der Waals surface area contributed by atoms with Gasteiger partial charge in [0.2, 0.25) is 5.91 Å². The van der Waals surface area contributed by atoms with Gasteiger partial charge in [-0.25, -0.2) is 0 Å². The Morgan fingerprint density at radius 3 is 1.26 bits per heavy atom. The fourth-order valence-corrected chi connectivity index (χ4v) is 7.82. The second kappa shape index (κ2) is 38.0. The number of likely N-dealkylation sites (N-methyl/N-ethyl adjacent to an activating group) is 1. The summed E-state index contributed by atoms with van der Waals surface area (Å²) in [6.07, 6.45) is 41.4. The number of aliphatic hydroxyl groups is 1. The van der Waals surface area contributed by atoms with Gasteiger partial charge in [-0.2, -0.15) is 0 Å². The molecule has 2 N–H and O–H groups in total. The zero-order chi connectivity index (χ0) is 40.0. The van der Waals surface area contributed by atoms with Gasteiger partial charge in [-0.3, -0.25) is 9.36 Å². The number of amides is 1. The van der Waals surface area contributed by atoms with Crippen LogP contribution in [0.25, 0.3) is 0 Å². The summed E-state index contributed by atoms with van der Waals surface area (Å²) < 4.78 is 23.1. The van der Waals surface area contributed by atoms with Gasteiger partial charge in [0.1, 0.15) is 13.2 Å². The predicted molar refractivity (Wildman–Crippen MR) is 229 cm³/mol. The van der Waals surface area contributed by atoms with Gasteiger partial charge in [0.15, 0.2) is 0 Å². The van der Waals surface area contributed by atoms with E-state index < -0.39 is 20.0 Å². The van der Waals surface area contributed by atoms with E-state index in [9.17, 15) is 19.4 Å². The normalized spacial score (nSPS) is 14.3. The van der Waals surface area contributed by atoms with Crippen molar-refractivity contribution in [3.63, 3.8) is 0 Å². The number of quaternary nitrogens is 1. The lowest BCUT2D eigenvalue weighted by Gasteiger charge is -2.30. The maximum absolute atomic E-state index is 12.8. The van der Waals surface area contributed by atoms with Gasteiger partial charge in [0.05, 0.1) is 39.9 Å². The molecule has 9 heteroatoms. The summed E-state index contributed by atoms with van der Waals surface area (Å²) in [4.78, 5) is 25.2. The molecule has 0 fully saturated rings. The number of hydrogen-bond acceptors (Lipinski definition) is 6. The minimum Gasteiger partial charge on any atom is -0.756 e. The topological polar surface area (TPSA) is 108 Å². The van der Waals surface area contributed by atoms with Crippen molar-refractivity contribution in [2.45, 2.75) is 244 Å². The summed E-state index contributed by atoms with van der Waals surface area (Å²) in [5, 5.41) is 13.8. The standard InChI is InChI=1S/C45H93N2O6P/c1-6-8-10-12-14-15-16-17-18-19-20-21-22-23-24-25-26-27-28-29-30-31-33-35-37-39-45(49)46-43(44(48)38-36-34-32-13-11-9-7-2)42-53-54(50,51)52-41-40-47(3,4)5/h43-44,48H,6-42H2,1-5H3,(H-,46,49,50,51). The summed E-state index contributed by atoms with van der Waals surface area (Å²) in [6.45, 7) is 4.69. The van der Waals surface area contributed by atoms with E-state index in [0.717, 1.165) is 38.5 Å². The van der Waals surface area contributed by atoms with Crippen molar-refractivity contribution in [3.05, 3.63) is 0 Å². The smallest absolute Gasteiger partial charge is 0.268 e. The molecule has 324 valence electrons. The maximum atomic E-state index is 12.8. The Kier molecular flexibility index (Phi) is 37.7. The van der Waals surface area contributed by atoms with Crippen molar-refractivity contribution in [1.82, 2.24) is 5.32 Å². The van der Waals surface area contributed by atoms with Gasteiger partial charge < -0.3 is 28.8 Å². The molecule has 0 aromatic heterocycles. The fourth-order valence-electron chi connectivity index (χ4n) is 7.10. The highest BCUT2D eigenvalue weighted by atomic mass is 31.2. The molecule has 0 aromatic carbocycles. The zero-order valence-electron chi connectivity index (χ0n) is 36.7. The number of nitrogens with one attached hydrogen (secondary N) is 1. The molecule has 54 heavy (non-hydrogen) atoms. The number of hydrogen-bond donors (Lipinski definition) is 2. The summed E-state index contributed by atoms with van der Waals surface area (Å²) in [6, 6.07) is -0.791. The third-order valence-corrected chi connectivity index (χ3v) is 11.8. The number of carbonyl (C=O) groups excluding carboxylic acids is 1. The number of phosphoric ester groups is 1. The van der Waals surface area contributed by atoms with Crippen molar-refractivity contribution in [3.8, 4) is 0 Å². The van der Waals surface area contributed by atoms with Crippen LogP contribution in [-0.4, -0.2) is 68.5 Å². The Bertz CT molecular complexity index is 855. The third kappa shape index (κ3) is 39.7. The van der Waals surface area contributed by atoms with E-state index in [-0.39, 0.29) is 19.1 Å². The molecule has 0 aliphatic rings. The van der Waals surface area contributed by atoms with Crippen LogP contribution in [0, 0.1) is 0 Å². The lowest BCUT2D eigenvalue weighted by atomic mass is 10.0. The van der Waals surface area contributed by atoms with Crippen LogP contribution < -0.4 is 10.2 Å². The van der Waals surface area contributed by atoms with E-state index in [4.69, 9.17) is 9.05 Å². The fraction of sp³-hybridized carbons (Fsp3) is 0.978. The van der Waals surface area contributed by atoms with Crippen LogP contribution in [-0.2, 0) is 18.4 Å². The van der Waals surface area contributed by atoms with Crippen LogP contribution in [0.15, 0.2) is 0 Å². The molecule has 0 aromatic rings. The molecule has 1 amide bonds. The molecule has 0 aliphatic carbocycles. The third-order valence-electron chi connectivity index (χ3n) is 10.8. The molecule has 0 rings (SSSR count). The molecule has 0 saturated carbocycles. The van der Waals surface area contributed by atoms with E-state index in [2.05, 4.69) is 19.2 Å². The van der Waals surface area contributed by atoms with Crippen LogP contribution in [0.1, 0.15) is 232 Å². The van der Waals surface area contributed by atoms with E-state index in [1.807, 2.05) is 21.1 Å². The van der Waals surface area contributed by atoms with E-state index in [1.54, 1.807) is 0 Å². The van der Waals surface area contributed by atoms with Crippen molar-refractivity contribution < 1.29 is 32.9 Å². The number of phosphoric acid groups is 1. The first-order valence-corrected chi connectivity index (χ1v) is 24.8. The molecule has 8 nitrogen and oxygen atoms in total. The Balaban J connectivity index is 3.98. The van der Waals surface area contributed by atoms with E-state index >= 15 is 0 Å². The van der Waals surface area contributed by atoms with E-state index in [1.165, 1.54) is 167 Å². The largest absolute Gasteiger partial charge is 0.756 e. The Hall–Kier alpha value is -0.500. The molecule has 0 aliphatic heterocycles. The van der Waals surface area contributed by atoms with Crippen molar-refractivity contribution in [2.24, 2.45) is 0 Å². The first kappa shape index (κ1) is 53.5. The molecule has 0 bridgehead atoms.